The number of ether oxygens (including phenoxy) is 1. The highest BCUT2D eigenvalue weighted by atomic mass is 16.5. The molecule has 0 saturated carbocycles. The first-order chi connectivity index (χ1) is 9.13. The molecule has 19 heavy (non-hydrogen) atoms. The molecule has 0 aliphatic heterocycles. The maximum Gasteiger partial charge on any atom is 0.328 e. The van der Waals surface area contributed by atoms with Crippen LogP contribution < -0.4 is 4.74 Å². The van der Waals surface area contributed by atoms with Gasteiger partial charge in [0.25, 0.3) is 5.89 Å². The van der Waals surface area contributed by atoms with Gasteiger partial charge in [0.1, 0.15) is 5.75 Å². The van der Waals surface area contributed by atoms with Crippen LogP contribution in [-0.4, -0.2) is 21.2 Å². The zero-order valence-electron chi connectivity index (χ0n) is 10.2. The fraction of sp³-hybridized carbons (Fsp3) is 0.154. The Kier molecular flexibility index (Phi) is 3.92. The molecule has 0 fully saturated rings. The molecule has 0 aliphatic rings. The van der Waals surface area contributed by atoms with Gasteiger partial charge in [0.15, 0.2) is 12.4 Å². The quantitative estimate of drug-likeness (QED) is 0.828. The predicted octanol–water partition coefficient (Wildman–Crippen LogP) is 2.05. The van der Waals surface area contributed by atoms with E-state index in [2.05, 4.69) is 10.1 Å². The van der Waals surface area contributed by atoms with Crippen molar-refractivity contribution in [3.05, 3.63) is 47.6 Å². The number of aliphatic carboxylic acids is 1. The number of hydrogen-bond donors (Lipinski definition) is 1. The third-order valence-electron chi connectivity index (χ3n) is 2.21. The molecule has 0 radical (unpaired) electrons. The first kappa shape index (κ1) is 12.8. The van der Waals surface area contributed by atoms with Gasteiger partial charge in [-0.15, -0.1) is 0 Å². The van der Waals surface area contributed by atoms with Crippen molar-refractivity contribution in [1.29, 1.82) is 0 Å². The molecule has 6 heteroatoms. The van der Waals surface area contributed by atoms with E-state index in [0.717, 1.165) is 11.6 Å². The summed E-state index contributed by atoms with van der Waals surface area (Å²) >= 11 is 0. The molecule has 2 aromatic rings. The number of rotatable bonds is 5. The van der Waals surface area contributed by atoms with Crippen molar-refractivity contribution >= 4 is 12.0 Å². The van der Waals surface area contributed by atoms with Crippen LogP contribution in [0.1, 0.15) is 17.3 Å². The van der Waals surface area contributed by atoms with E-state index in [4.69, 9.17) is 14.4 Å². The second-order valence-electron chi connectivity index (χ2n) is 3.77. The molecule has 0 saturated heterocycles. The summed E-state index contributed by atoms with van der Waals surface area (Å²) in [6.45, 7) is 1.90. The zero-order chi connectivity index (χ0) is 13.7. The number of aromatic nitrogens is 2. The highest BCUT2D eigenvalue weighted by molar-refractivity contribution is 5.85. The van der Waals surface area contributed by atoms with Crippen molar-refractivity contribution < 1.29 is 19.2 Å². The lowest BCUT2D eigenvalue weighted by Gasteiger charge is -2.03. The lowest BCUT2D eigenvalue weighted by atomic mass is 10.2. The topological polar surface area (TPSA) is 85.5 Å². The molecule has 1 aromatic heterocycles. The molecular formula is C13H12N2O4. The Hall–Kier alpha value is -2.63. The maximum atomic E-state index is 10.4. The summed E-state index contributed by atoms with van der Waals surface area (Å²) in [5, 5.41) is 12.2. The Morgan fingerprint density at radius 3 is 3.05 bits per heavy atom. The fourth-order valence-electron chi connectivity index (χ4n) is 1.42. The van der Waals surface area contributed by atoms with Gasteiger partial charge < -0.3 is 14.4 Å². The number of aryl methyl sites for hydroxylation is 1. The number of hydrogen-bond acceptors (Lipinski definition) is 5. The Labute approximate surface area is 109 Å². The summed E-state index contributed by atoms with van der Waals surface area (Å²) in [7, 11) is 0. The van der Waals surface area contributed by atoms with Gasteiger partial charge in [0, 0.05) is 6.08 Å². The SMILES string of the molecule is Cc1noc(COc2cccc(/C=C/C(=O)O)c2)n1. The van der Waals surface area contributed by atoms with Crippen LogP contribution >= 0.6 is 0 Å². The van der Waals surface area contributed by atoms with Crippen molar-refractivity contribution in [2.45, 2.75) is 13.5 Å². The van der Waals surface area contributed by atoms with Crippen molar-refractivity contribution in [2.24, 2.45) is 0 Å². The van der Waals surface area contributed by atoms with Gasteiger partial charge in [-0.2, -0.15) is 4.98 Å². The van der Waals surface area contributed by atoms with E-state index in [0.29, 0.717) is 17.5 Å². The molecule has 1 heterocycles. The molecule has 1 N–H and O–H groups in total. The van der Waals surface area contributed by atoms with Gasteiger partial charge in [-0.3, -0.25) is 0 Å². The summed E-state index contributed by atoms with van der Waals surface area (Å²) in [6, 6.07) is 7.04. The molecule has 6 nitrogen and oxygen atoms in total. The molecule has 0 spiro atoms. The van der Waals surface area contributed by atoms with Crippen LogP contribution in [0.3, 0.4) is 0 Å². The summed E-state index contributed by atoms with van der Waals surface area (Å²) in [5.41, 5.74) is 0.738. The summed E-state index contributed by atoms with van der Waals surface area (Å²) in [5.74, 6) is 0.553. The van der Waals surface area contributed by atoms with E-state index in [-0.39, 0.29) is 6.61 Å². The Morgan fingerprint density at radius 2 is 2.37 bits per heavy atom. The van der Waals surface area contributed by atoms with E-state index in [1.54, 1.807) is 31.2 Å². The second-order valence-corrected chi connectivity index (χ2v) is 3.77. The van der Waals surface area contributed by atoms with Crippen LogP contribution in [0.5, 0.6) is 5.75 Å². The molecule has 0 atom stereocenters. The molecule has 1 aromatic carbocycles. The molecule has 2 rings (SSSR count). The monoisotopic (exact) mass is 260 g/mol. The van der Waals surface area contributed by atoms with Crippen molar-refractivity contribution in [1.82, 2.24) is 10.1 Å². The molecule has 98 valence electrons. The Balaban J connectivity index is 2.00. The van der Waals surface area contributed by atoms with Crippen molar-refractivity contribution in [2.75, 3.05) is 0 Å². The van der Waals surface area contributed by atoms with Crippen molar-refractivity contribution in [3.63, 3.8) is 0 Å². The molecule has 0 unspecified atom stereocenters. The van der Waals surface area contributed by atoms with Crippen molar-refractivity contribution in [3.8, 4) is 5.75 Å². The number of carboxylic acid groups (broad SMARTS) is 1. The van der Waals surface area contributed by atoms with E-state index in [1.165, 1.54) is 6.08 Å². The molecule has 0 amide bonds. The summed E-state index contributed by atoms with van der Waals surface area (Å²) in [4.78, 5) is 14.4. The molecular weight excluding hydrogens is 248 g/mol. The van der Waals surface area contributed by atoms with Crippen LogP contribution in [0.4, 0.5) is 0 Å². The summed E-state index contributed by atoms with van der Waals surface area (Å²) in [6.07, 6.45) is 2.56. The highest BCUT2D eigenvalue weighted by Gasteiger charge is 2.03. The maximum absolute atomic E-state index is 10.4. The van der Waals surface area contributed by atoms with Gasteiger partial charge >= 0.3 is 5.97 Å². The lowest BCUT2D eigenvalue weighted by molar-refractivity contribution is -0.131. The number of nitrogens with zero attached hydrogens (tertiary/aromatic N) is 2. The van der Waals surface area contributed by atoms with E-state index in [9.17, 15) is 4.79 Å². The number of benzene rings is 1. The Morgan fingerprint density at radius 1 is 1.53 bits per heavy atom. The standard InChI is InChI=1S/C13H12N2O4/c1-9-14-12(19-15-9)8-18-11-4-2-3-10(7-11)5-6-13(16)17/h2-7H,8H2,1H3,(H,16,17)/b6-5+. The minimum atomic E-state index is -0.993. The van der Waals surface area contributed by atoms with Gasteiger partial charge in [-0.25, -0.2) is 4.79 Å². The van der Waals surface area contributed by atoms with Crippen LogP contribution in [0, 0.1) is 6.92 Å². The van der Waals surface area contributed by atoms with Crippen LogP contribution in [0.15, 0.2) is 34.9 Å². The van der Waals surface area contributed by atoms with Crippen LogP contribution in [-0.2, 0) is 11.4 Å². The smallest absolute Gasteiger partial charge is 0.328 e. The zero-order valence-corrected chi connectivity index (χ0v) is 10.2. The van der Waals surface area contributed by atoms with Gasteiger partial charge in [0.05, 0.1) is 0 Å². The van der Waals surface area contributed by atoms with Crippen LogP contribution in [0.25, 0.3) is 6.08 Å². The van der Waals surface area contributed by atoms with E-state index < -0.39 is 5.97 Å². The molecule has 0 bridgehead atoms. The lowest BCUT2D eigenvalue weighted by Crippen LogP contribution is -1.96. The minimum absolute atomic E-state index is 0.174. The summed E-state index contributed by atoms with van der Waals surface area (Å²) < 4.78 is 10.4. The minimum Gasteiger partial charge on any atom is -0.484 e. The largest absolute Gasteiger partial charge is 0.484 e. The number of carboxylic acids is 1. The fourth-order valence-corrected chi connectivity index (χ4v) is 1.42. The third-order valence-corrected chi connectivity index (χ3v) is 2.21. The Bertz CT molecular complexity index is 604. The normalized spacial score (nSPS) is 10.8. The van der Waals surface area contributed by atoms with Gasteiger partial charge in [-0.1, -0.05) is 17.3 Å². The third kappa shape index (κ3) is 3.95. The first-order valence-corrected chi connectivity index (χ1v) is 5.56. The first-order valence-electron chi connectivity index (χ1n) is 5.56. The highest BCUT2D eigenvalue weighted by Crippen LogP contribution is 2.15. The van der Waals surface area contributed by atoms with Gasteiger partial charge in [0.2, 0.25) is 0 Å². The predicted molar refractivity (Wildman–Crippen MR) is 66.5 cm³/mol. The average Bonchev–Trinajstić information content (AvgIpc) is 2.80. The average molecular weight is 260 g/mol. The number of carbonyl (C=O) groups is 1. The van der Waals surface area contributed by atoms with Gasteiger partial charge in [-0.05, 0) is 30.7 Å². The molecule has 0 aliphatic carbocycles. The van der Waals surface area contributed by atoms with Crippen LogP contribution in [0.2, 0.25) is 0 Å². The van der Waals surface area contributed by atoms with E-state index in [1.807, 2.05) is 0 Å². The van der Waals surface area contributed by atoms with E-state index >= 15 is 0 Å². The second kappa shape index (κ2) is 5.81.